The maximum absolute atomic E-state index is 11.6. The zero-order chi connectivity index (χ0) is 13.5. The minimum atomic E-state index is -0.221. The van der Waals surface area contributed by atoms with Gasteiger partial charge < -0.3 is 0 Å². The molecule has 0 bridgehead atoms. The van der Waals surface area contributed by atoms with E-state index in [4.69, 9.17) is 23.2 Å². The molecule has 1 heterocycles. The molecule has 0 radical (unpaired) electrons. The van der Waals surface area contributed by atoms with E-state index in [0.717, 1.165) is 18.5 Å². The molecule has 3 atom stereocenters. The number of aromatic nitrogens is 2. The van der Waals surface area contributed by atoms with Gasteiger partial charge in [-0.05, 0) is 37.3 Å². The second-order valence-electron chi connectivity index (χ2n) is 5.17. The number of carbonyl (C=O) groups excluding carboxylic acids is 1. The number of halogens is 2. The van der Waals surface area contributed by atoms with Gasteiger partial charge in [-0.1, -0.05) is 25.4 Å². The number of nitrogens with zero attached hydrogens (tertiary/aromatic N) is 2. The highest BCUT2D eigenvalue weighted by Gasteiger charge is 2.57. The van der Waals surface area contributed by atoms with Gasteiger partial charge in [0.15, 0.2) is 0 Å². The van der Waals surface area contributed by atoms with Crippen LogP contribution in [-0.4, -0.2) is 15.8 Å². The molecule has 1 aliphatic carbocycles. The molecule has 0 saturated heterocycles. The highest BCUT2D eigenvalue weighted by atomic mass is 35.5. The number of carbonyl (C=O) groups is 1. The van der Waals surface area contributed by atoms with Crippen LogP contribution in [0, 0.1) is 11.3 Å². The molecule has 3 nitrogen and oxygen atoms in total. The van der Waals surface area contributed by atoms with Crippen molar-refractivity contribution < 1.29 is 4.79 Å². The van der Waals surface area contributed by atoms with E-state index in [1.165, 1.54) is 6.20 Å². The zero-order valence-electron chi connectivity index (χ0n) is 10.7. The minimum absolute atomic E-state index is 0.173. The van der Waals surface area contributed by atoms with Gasteiger partial charge in [-0.25, -0.2) is 9.97 Å². The average Bonchev–Trinajstić information content (AvgIpc) is 2.98. The van der Waals surface area contributed by atoms with E-state index in [1.807, 2.05) is 6.92 Å². The highest BCUT2D eigenvalue weighted by Crippen LogP contribution is 2.60. The number of hydrogen-bond acceptors (Lipinski definition) is 3. The Kier molecular flexibility index (Phi) is 3.65. The molecule has 2 rings (SSSR count). The van der Waals surface area contributed by atoms with Gasteiger partial charge in [0.05, 0.1) is 16.9 Å². The second kappa shape index (κ2) is 4.78. The summed E-state index contributed by atoms with van der Waals surface area (Å²) >= 11 is 12.0. The molecule has 98 valence electrons. The lowest BCUT2D eigenvalue weighted by atomic mass is 9.89. The van der Waals surface area contributed by atoms with Crippen LogP contribution in [0.1, 0.15) is 45.2 Å². The molecule has 18 heavy (non-hydrogen) atoms. The molecule has 0 spiro atoms. The molecule has 3 unspecified atom stereocenters. The first-order valence-corrected chi connectivity index (χ1v) is 6.84. The van der Waals surface area contributed by atoms with Crippen molar-refractivity contribution in [1.29, 1.82) is 0 Å². The molecule has 0 N–H and O–H groups in total. The van der Waals surface area contributed by atoms with Gasteiger partial charge in [-0.3, -0.25) is 4.79 Å². The van der Waals surface area contributed by atoms with Crippen molar-refractivity contribution in [3.8, 4) is 0 Å². The number of hydrogen-bond donors (Lipinski definition) is 0. The molecule has 5 heteroatoms. The van der Waals surface area contributed by atoms with Crippen LogP contribution in [0.25, 0.3) is 0 Å². The Morgan fingerprint density at radius 1 is 1.61 bits per heavy atom. The Balaban J connectivity index is 2.31. The molecule has 1 aromatic heterocycles. The van der Waals surface area contributed by atoms with Crippen molar-refractivity contribution in [3.05, 3.63) is 22.2 Å². The van der Waals surface area contributed by atoms with Gasteiger partial charge >= 0.3 is 0 Å². The lowest BCUT2D eigenvalue weighted by molar-refractivity contribution is -0.122. The van der Waals surface area contributed by atoms with E-state index in [1.54, 1.807) is 6.92 Å². The summed E-state index contributed by atoms with van der Waals surface area (Å²) in [5.74, 6) is 0.720. The van der Waals surface area contributed by atoms with E-state index in [0.29, 0.717) is 10.9 Å². The summed E-state index contributed by atoms with van der Waals surface area (Å²) in [6.45, 7) is 5.75. The molecule has 0 amide bonds. The summed E-state index contributed by atoms with van der Waals surface area (Å²) in [5.41, 5.74) is 0.552. The number of ketones is 1. The Labute approximate surface area is 117 Å². The average molecular weight is 287 g/mol. The monoisotopic (exact) mass is 286 g/mol. The van der Waals surface area contributed by atoms with E-state index in [-0.39, 0.29) is 22.4 Å². The maximum Gasteiger partial charge on any atom is 0.222 e. The van der Waals surface area contributed by atoms with Crippen LogP contribution in [0.15, 0.2) is 6.20 Å². The SMILES string of the molecule is CCC(c1nc(Cl)ncc1Cl)C1CC1(C)C(C)=O. The maximum atomic E-state index is 11.6. The summed E-state index contributed by atoms with van der Waals surface area (Å²) in [6.07, 6.45) is 3.32. The lowest BCUT2D eigenvalue weighted by Crippen LogP contribution is -2.15. The van der Waals surface area contributed by atoms with E-state index in [9.17, 15) is 4.79 Å². The van der Waals surface area contributed by atoms with Crippen molar-refractivity contribution in [2.75, 3.05) is 0 Å². The summed E-state index contributed by atoms with van der Waals surface area (Å²) in [5, 5.41) is 0.738. The summed E-state index contributed by atoms with van der Waals surface area (Å²) in [6, 6.07) is 0. The second-order valence-corrected chi connectivity index (χ2v) is 5.92. The van der Waals surface area contributed by atoms with Crippen LogP contribution in [0.2, 0.25) is 10.3 Å². The van der Waals surface area contributed by atoms with Gasteiger partial charge in [-0.15, -0.1) is 0 Å². The minimum Gasteiger partial charge on any atom is -0.299 e. The van der Waals surface area contributed by atoms with E-state index < -0.39 is 0 Å². The number of rotatable bonds is 4. The fourth-order valence-electron chi connectivity index (χ4n) is 2.68. The van der Waals surface area contributed by atoms with Crippen LogP contribution in [0.3, 0.4) is 0 Å². The van der Waals surface area contributed by atoms with Crippen molar-refractivity contribution >= 4 is 29.0 Å². The fourth-order valence-corrected chi connectivity index (χ4v) is 3.05. The van der Waals surface area contributed by atoms with Crippen molar-refractivity contribution in [3.63, 3.8) is 0 Å². The van der Waals surface area contributed by atoms with Crippen LogP contribution >= 0.6 is 23.2 Å². The van der Waals surface area contributed by atoms with Gasteiger partial charge in [0.25, 0.3) is 0 Å². The topological polar surface area (TPSA) is 42.9 Å². The Morgan fingerprint density at radius 3 is 2.78 bits per heavy atom. The summed E-state index contributed by atoms with van der Waals surface area (Å²) < 4.78 is 0. The van der Waals surface area contributed by atoms with Crippen LogP contribution in [-0.2, 0) is 4.79 Å². The fraction of sp³-hybridized carbons (Fsp3) is 0.615. The van der Waals surface area contributed by atoms with Gasteiger partial charge in [0.2, 0.25) is 5.28 Å². The molecule has 1 aliphatic rings. The van der Waals surface area contributed by atoms with Crippen LogP contribution in [0.4, 0.5) is 0 Å². The lowest BCUT2D eigenvalue weighted by Gasteiger charge is -2.18. The molecular weight excluding hydrogens is 271 g/mol. The van der Waals surface area contributed by atoms with Gasteiger partial charge in [0, 0.05) is 11.3 Å². The molecule has 1 fully saturated rings. The van der Waals surface area contributed by atoms with Crippen LogP contribution < -0.4 is 0 Å². The largest absolute Gasteiger partial charge is 0.299 e. The zero-order valence-corrected chi connectivity index (χ0v) is 12.2. The quantitative estimate of drug-likeness (QED) is 0.789. The predicted molar refractivity (Wildman–Crippen MR) is 72.0 cm³/mol. The van der Waals surface area contributed by atoms with Crippen molar-refractivity contribution in [1.82, 2.24) is 9.97 Å². The third-order valence-electron chi connectivity index (χ3n) is 4.13. The Hall–Kier alpha value is -0.670. The van der Waals surface area contributed by atoms with Gasteiger partial charge in [0.1, 0.15) is 5.78 Å². The molecule has 1 aromatic rings. The standard InChI is InChI=1S/C13H16Cl2N2O/c1-4-8(9-5-13(9,3)7(2)18)11-10(14)6-16-12(15)17-11/h6,8-9H,4-5H2,1-3H3. The number of Topliss-reactive ketones (excluding diaryl/α,β-unsaturated/α-hetero) is 1. The Bertz CT molecular complexity index is 492. The third-order valence-corrected chi connectivity index (χ3v) is 4.60. The normalized spacial score (nSPS) is 27.9. The Morgan fingerprint density at radius 2 is 2.28 bits per heavy atom. The first-order chi connectivity index (χ1) is 8.40. The molecular formula is C13H16Cl2N2O. The van der Waals surface area contributed by atoms with E-state index in [2.05, 4.69) is 16.9 Å². The first-order valence-electron chi connectivity index (χ1n) is 6.09. The highest BCUT2D eigenvalue weighted by molar-refractivity contribution is 6.32. The first kappa shape index (κ1) is 13.8. The third kappa shape index (κ3) is 2.26. The molecule has 0 aliphatic heterocycles. The van der Waals surface area contributed by atoms with Crippen LogP contribution in [0.5, 0.6) is 0 Å². The van der Waals surface area contributed by atoms with E-state index >= 15 is 0 Å². The molecule has 0 aromatic carbocycles. The summed E-state index contributed by atoms with van der Waals surface area (Å²) in [4.78, 5) is 19.8. The smallest absolute Gasteiger partial charge is 0.222 e. The summed E-state index contributed by atoms with van der Waals surface area (Å²) in [7, 11) is 0. The van der Waals surface area contributed by atoms with Gasteiger partial charge in [-0.2, -0.15) is 0 Å². The predicted octanol–water partition coefficient (Wildman–Crippen LogP) is 3.89. The van der Waals surface area contributed by atoms with Crippen molar-refractivity contribution in [2.24, 2.45) is 11.3 Å². The van der Waals surface area contributed by atoms with Crippen molar-refractivity contribution in [2.45, 2.75) is 39.5 Å². The molecule has 1 saturated carbocycles.